The molecular formula is C13H19NO2. The molecule has 0 aromatic heterocycles. The predicted octanol–water partition coefficient (Wildman–Crippen LogP) is 3.05. The molecule has 3 nitrogen and oxygen atoms in total. The number of nitrogens with one attached hydrogen (secondary N) is 1. The van der Waals surface area contributed by atoms with Crippen molar-refractivity contribution in [2.75, 3.05) is 11.9 Å². The average molecular weight is 221 g/mol. The molecule has 0 atom stereocenters. The molecule has 2 N–H and O–H groups in total. The molecule has 0 aliphatic heterocycles. The number of hydrogen-bond donors (Lipinski definition) is 2. The second-order valence-corrected chi connectivity index (χ2v) is 3.95. The normalized spacial score (nSPS) is 10.1. The standard InChI is InChI=1S/C13H19NO2/c1-11-7-4-5-8-12(11)14-10-6-2-3-9-13(15)16/h4-5,7-8,14H,2-3,6,9-10H2,1H3,(H,15,16). The Labute approximate surface area is 96.5 Å². The Balaban J connectivity index is 2.12. The quantitative estimate of drug-likeness (QED) is 0.696. The average Bonchev–Trinajstić information content (AvgIpc) is 2.25. The van der Waals surface area contributed by atoms with Crippen LogP contribution in [-0.4, -0.2) is 17.6 Å². The third-order valence-corrected chi connectivity index (χ3v) is 2.53. The Morgan fingerprint density at radius 1 is 1.25 bits per heavy atom. The molecule has 1 aromatic carbocycles. The van der Waals surface area contributed by atoms with E-state index in [0.717, 1.165) is 25.8 Å². The van der Waals surface area contributed by atoms with E-state index < -0.39 is 5.97 Å². The van der Waals surface area contributed by atoms with Crippen molar-refractivity contribution in [2.24, 2.45) is 0 Å². The number of benzene rings is 1. The highest BCUT2D eigenvalue weighted by Gasteiger charge is 1.97. The summed E-state index contributed by atoms with van der Waals surface area (Å²) in [5.74, 6) is -0.702. The summed E-state index contributed by atoms with van der Waals surface area (Å²) in [4.78, 5) is 10.3. The van der Waals surface area contributed by atoms with Crippen molar-refractivity contribution in [3.05, 3.63) is 29.8 Å². The SMILES string of the molecule is Cc1ccccc1NCCCCCC(=O)O. The second-order valence-electron chi connectivity index (χ2n) is 3.95. The van der Waals surface area contributed by atoms with Gasteiger partial charge >= 0.3 is 5.97 Å². The van der Waals surface area contributed by atoms with Crippen LogP contribution >= 0.6 is 0 Å². The molecule has 1 rings (SSSR count). The first kappa shape index (κ1) is 12.6. The van der Waals surface area contributed by atoms with Crippen molar-refractivity contribution in [3.8, 4) is 0 Å². The first-order valence-corrected chi connectivity index (χ1v) is 5.71. The highest BCUT2D eigenvalue weighted by molar-refractivity contribution is 5.66. The third-order valence-electron chi connectivity index (χ3n) is 2.53. The number of aliphatic carboxylic acids is 1. The lowest BCUT2D eigenvalue weighted by atomic mass is 10.1. The second kappa shape index (κ2) is 6.88. The van der Waals surface area contributed by atoms with E-state index in [9.17, 15) is 4.79 Å². The van der Waals surface area contributed by atoms with E-state index in [1.165, 1.54) is 11.3 Å². The highest BCUT2D eigenvalue weighted by Crippen LogP contribution is 2.13. The molecule has 0 bridgehead atoms. The minimum absolute atomic E-state index is 0.282. The zero-order valence-corrected chi connectivity index (χ0v) is 9.70. The van der Waals surface area contributed by atoms with Gasteiger partial charge in [-0.1, -0.05) is 24.6 Å². The Morgan fingerprint density at radius 2 is 2.00 bits per heavy atom. The van der Waals surface area contributed by atoms with Gasteiger partial charge in [-0.2, -0.15) is 0 Å². The van der Waals surface area contributed by atoms with Gasteiger partial charge in [0.05, 0.1) is 0 Å². The summed E-state index contributed by atoms with van der Waals surface area (Å²) < 4.78 is 0. The van der Waals surface area contributed by atoms with Gasteiger partial charge in [-0.05, 0) is 31.4 Å². The van der Waals surface area contributed by atoms with E-state index in [2.05, 4.69) is 24.4 Å². The summed E-state index contributed by atoms with van der Waals surface area (Å²) in [7, 11) is 0. The Kier molecular flexibility index (Phi) is 5.40. The molecule has 1 aromatic rings. The van der Waals surface area contributed by atoms with E-state index in [0.29, 0.717) is 0 Å². The monoisotopic (exact) mass is 221 g/mol. The van der Waals surface area contributed by atoms with Gasteiger partial charge in [-0.15, -0.1) is 0 Å². The molecule has 0 unspecified atom stereocenters. The maximum absolute atomic E-state index is 10.3. The zero-order valence-electron chi connectivity index (χ0n) is 9.70. The highest BCUT2D eigenvalue weighted by atomic mass is 16.4. The molecule has 0 heterocycles. The number of rotatable bonds is 7. The lowest BCUT2D eigenvalue weighted by Gasteiger charge is -2.08. The molecular weight excluding hydrogens is 202 g/mol. The fourth-order valence-electron chi connectivity index (χ4n) is 1.57. The number of carboxylic acid groups (broad SMARTS) is 1. The van der Waals surface area contributed by atoms with Gasteiger partial charge in [0.2, 0.25) is 0 Å². The summed E-state index contributed by atoms with van der Waals surface area (Å²) in [6.07, 6.45) is 3.03. The van der Waals surface area contributed by atoms with Crippen LogP contribution in [0.5, 0.6) is 0 Å². The molecule has 0 amide bonds. The van der Waals surface area contributed by atoms with E-state index >= 15 is 0 Å². The summed E-state index contributed by atoms with van der Waals surface area (Å²) >= 11 is 0. The number of hydrogen-bond acceptors (Lipinski definition) is 2. The van der Waals surface area contributed by atoms with Crippen LogP contribution in [0.2, 0.25) is 0 Å². The molecule has 3 heteroatoms. The minimum atomic E-state index is -0.702. The summed E-state index contributed by atoms with van der Waals surface area (Å²) in [6, 6.07) is 8.17. The smallest absolute Gasteiger partial charge is 0.303 e. The van der Waals surface area contributed by atoms with Crippen molar-refractivity contribution in [3.63, 3.8) is 0 Å². The van der Waals surface area contributed by atoms with Gasteiger partial charge in [0.1, 0.15) is 0 Å². The van der Waals surface area contributed by atoms with E-state index in [1.807, 2.05) is 12.1 Å². The van der Waals surface area contributed by atoms with Crippen LogP contribution in [0.25, 0.3) is 0 Å². The van der Waals surface area contributed by atoms with Crippen LogP contribution in [0.15, 0.2) is 24.3 Å². The Morgan fingerprint density at radius 3 is 2.69 bits per heavy atom. The molecule has 16 heavy (non-hydrogen) atoms. The predicted molar refractivity (Wildman–Crippen MR) is 65.8 cm³/mol. The van der Waals surface area contributed by atoms with Crippen LogP contribution < -0.4 is 5.32 Å². The molecule has 0 fully saturated rings. The maximum atomic E-state index is 10.3. The van der Waals surface area contributed by atoms with E-state index in [-0.39, 0.29) is 6.42 Å². The van der Waals surface area contributed by atoms with Gasteiger partial charge in [-0.25, -0.2) is 0 Å². The zero-order chi connectivity index (χ0) is 11.8. The van der Waals surface area contributed by atoms with Crippen molar-refractivity contribution in [1.82, 2.24) is 0 Å². The molecule has 0 saturated heterocycles. The first-order valence-electron chi connectivity index (χ1n) is 5.71. The van der Waals surface area contributed by atoms with E-state index in [4.69, 9.17) is 5.11 Å². The molecule has 88 valence electrons. The van der Waals surface area contributed by atoms with Crippen LogP contribution in [-0.2, 0) is 4.79 Å². The number of carboxylic acids is 1. The molecule has 0 aliphatic rings. The van der Waals surface area contributed by atoms with Crippen molar-refractivity contribution < 1.29 is 9.90 Å². The van der Waals surface area contributed by atoms with Crippen molar-refractivity contribution in [1.29, 1.82) is 0 Å². The molecule has 0 radical (unpaired) electrons. The van der Waals surface area contributed by atoms with Crippen molar-refractivity contribution >= 4 is 11.7 Å². The number of aryl methyl sites for hydroxylation is 1. The third kappa shape index (κ3) is 4.82. The van der Waals surface area contributed by atoms with Crippen LogP contribution in [0, 0.1) is 6.92 Å². The topological polar surface area (TPSA) is 49.3 Å². The summed E-state index contributed by atoms with van der Waals surface area (Å²) in [5, 5.41) is 11.8. The minimum Gasteiger partial charge on any atom is -0.481 e. The van der Waals surface area contributed by atoms with Crippen LogP contribution in [0.4, 0.5) is 5.69 Å². The number of para-hydroxylation sites is 1. The van der Waals surface area contributed by atoms with E-state index in [1.54, 1.807) is 0 Å². The van der Waals surface area contributed by atoms with Gasteiger partial charge in [-0.3, -0.25) is 4.79 Å². The van der Waals surface area contributed by atoms with Gasteiger partial charge < -0.3 is 10.4 Å². The lowest BCUT2D eigenvalue weighted by molar-refractivity contribution is -0.137. The number of carbonyl (C=O) groups is 1. The van der Waals surface area contributed by atoms with Crippen LogP contribution in [0.1, 0.15) is 31.2 Å². The molecule has 0 spiro atoms. The molecule has 0 aliphatic carbocycles. The number of anilines is 1. The first-order chi connectivity index (χ1) is 7.70. The van der Waals surface area contributed by atoms with Gasteiger partial charge in [0.15, 0.2) is 0 Å². The largest absolute Gasteiger partial charge is 0.481 e. The lowest BCUT2D eigenvalue weighted by Crippen LogP contribution is -2.03. The van der Waals surface area contributed by atoms with Gasteiger partial charge in [0.25, 0.3) is 0 Å². The fraction of sp³-hybridized carbons (Fsp3) is 0.462. The summed E-state index contributed by atoms with van der Waals surface area (Å²) in [5.41, 5.74) is 2.41. The Hall–Kier alpha value is -1.51. The van der Waals surface area contributed by atoms with Gasteiger partial charge in [0, 0.05) is 18.7 Å². The maximum Gasteiger partial charge on any atom is 0.303 e. The summed E-state index contributed by atoms with van der Waals surface area (Å²) in [6.45, 7) is 2.98. The molecule has 0 saturated carbocycles. The van der Waals surface area contributed by atoms with Crippen LogP contribution in [0.3, 0.4) is 0 Å². The number of unbranched alkanes of at least 4 members (excludes halogenated alkanes) is 2. The van der Waals surface area contributed by atoms with Crippen molar-refractivity contribution in [2.45, 2.75) is 32.6 Å². The fourth-order valence-corrected chi connectivity index (χ4v) is 1.57. The Bertz CT molecular complexity index is 336.